The van der Waals surface area contributed by atoms with Crippen molar-refractivity contribution in [3.8, 4) is 11.4 Å². The molecule has 0 saturated heterocycles. The lowest BCUT2D eigenvalue weighted by Gasteiger charge is -2.13. The minimum atomic E-state index is -0.524. The summed E-state index contributed by atoms with van der Waals surface area (Å²) in [6, 6.07) is 6.55. The fraction of sp³-hybridized carbons (Fsp3) is 0.125. The molecule has 0 aliphatic carbocycles. The van der Waals surface area contributed by atoms with Gasteiger partial charge in [-0.2, -0.15) is 0 Å². The molecule has 0 spiro atoms. The molecular formula is C16H13Cl3N6OS. The molecule has 0 bridgehead atoms. The van der Waals surface area contributed by atoms with E-state index in [0.29, 0.717) is 26.7 Å². The molecule has 3 N–H and O–H groups in total. The smallest absolute Gasteiger partial charge is 0.237 e. The van der Waals surface area contributed by atoms with Gasteiger partial charge in [0.05, 0.1) is 26.0 Å². The number of pyridine rings is 1. The van der Waals surface area contributed by atoms with Gasteiger partial charge in [-0.3, -0.25) is 9.78 Å². The highest BCUT2D eigenvalue weighted by molar-refractivity contribution is 8.00. The van der Waals surface area contributed by atoms with E-state index in [-0.39, 0.29) is 10.9 Å². The summed E-state index contributed by atoms with van der Waals surface area (Å²) in [5, 5.41) is 11.6. The maximum atomic E-state index is 12.5. The lowest BCUT2D eigenvalue weighted by molar-refractivity contribution is -0.115. The maximum Gasteiger partial charge on any atom is 0.237 e. The fourth-order valence-corrected chi connectivity index (χ4v) is 3.48. The third-order valence-corrected chi connectivity index (χ3v) is 5.60. The normalized spacial score (nSPS) is 12.0. The zero-order valence-corrected chi connectivity index (χ0v) is 16.9. The first-order valence-corrected chi connectivity index (χ1v) is 9.61. The zero-order valence-electron chi connectivity index (χ0n) is 13.9. The maximum absolute atomic E-state index is 12.5. The first-order valence-electron chi connectivity index (χ1n) is 7.59. The highest BCUT2D eigenvalue weighted by atomic mass is 35.5. The van der Waals surface area contributed by atoms with Crippen molar-refractivity contribution in [2.75, 3.05) is 11.2 Å². The van der Waals surface area contributed by atoms with Gasteiger partial charge in [0.15, 0.2) is 5.82 Å². The van der Waals surface area contributed by atoms with Crippen LogP contribution in [0.1, 0.15) is 6.92 Å². The second-order valence-electron chi connectivity index (χ2n) is 5.41. The Labute approximate surface area is 174 Å². The molecule has 7 nitrogen and oxygen atoms in total. The van der Waals surface area contributed by atoms with Crippen molar-refractivity contribution in [3.63, 3.8) is 0 Å². The zero-order chi connectivity index (χ0) is 19.6. The van der Waals surface area contributed by atoms with Crippen LogP contribution >= 0.6 is 46.6 Å². The Balaban J connectivity index is 1.72. The molecule has 2 aromatic heterocycles. The standard InChI is InChI=1S/C16H13Cl3N6OS/c1-8(15(26)22-13-6-11(18)10(17)5-12(13)19)27-16-24-23-14(25(16)20)9-3-2-4-21-7-9/h2-8H,20H2,1H3,(H,22,26). The van der Waals surface area contributed by atoms with Crippen molar-refractivity contribution >= 4 is 58.2 Å². The first kappa shape index (κ1) is 19.8. The number of nitrogens with two attached hydrogens (primary N) is 1. The van der Waals surface area contributed by atoms with Crippen LogP contribution < -0.4 is 11.2 Å². The van der Waals surface area contributed by atoms with Crippen molar-refractivity contribution in [2.45, 2.75) is 17.3 Å². The summed E-state index contributed by atoms with van der Waals surface area (Å²) in [5.41, 5.74) is 1.09. The van der Waals surface area contributed by atoms with Crippen molar-refractivity contribution in [3.05, 3.63) is 51.7 Å². The molecule has 1 unspecified atom stereocenters. The summed E-state index contributed by atoms with van der Waals surface area (Å²) in [7, 11) is 0. The number of carbonyl (C=O) groups excluding carboxylic acids is 1. The molecular weight excluding hydrogens is 431 g/mol. The summed E-state index contributed by atoms with van der Waals surface area (Å²) < 4.78 is 1.32. The Bertz CT molecular complexity index is 982. The number of hydrogen-bond acceptors (Lipinski definition) is 6. The van der Waals surface area contributed by atoms with Gasteiger partial charge in [-0.05, 0) is 31.2 Å². The highest BCUT2D eigenvalue weighted by Crippen LogP contribution is 2.33. The number of thioether (sulfide) groups is 1. The topological polar surface area (TPSA) is 98.7 Å². The van der Waals surface area contributed by atoms with Crippen LogP contribution in [0.25, 0.3) is 11.4 Å². The van der Waals surface area contributed by atoms with Crippen LogP contribution in [0.3, 0.4) is 0 Å². The molecule has 1 aromatic carbocycles. The number of nitrogen functional groups attached to an aromatic ring is 1. The van der Waals surface area contributed by atoms with E-state index < -0.39 is 5.25 Å². The van der Waals surface area contributed by atoms with Crippen molar-refractivity contribution in [2.24, 2.45) is 0 Å². The molecule has 2 heterocycles. The van der Waals surface area contributed by atoms with E-state index in [4.69, 9.17) is 40.6 Å². The molecule has 0 fully saturated rings. The predicted molar refractivity (Wildman–Crippen MR) is 109 cm³/mol. The van der Waals surface area contributed by atoms with Gasteiger partial charge in [-0.1, -0.05) is 46.6 Å². The monoisotopic (exact) mass is 442 g/mol. The Morgan fingerprint density at radius 2 is 1.96 bits per heavy atom. The van der Waals surface area contributed by atoms with E-state index in [1.165, 1.54) is 16.8 Å². The lowest BCUT2D eigenvalue weighted by atomic mass is 10.3. The third kappa shape index (κ3) is 4.47. The minimum absolute atomic E-state index is 0.288. The number of aromatic nitrogens is 4. The number of nitrogens with one attached hydrogen (secondary N) is 1. The van der Waals surface area contributed by atoms with Crippen molar-refractivity contribution in [1.82, 2.24) is 19.9 Å². The van der Waals surface area contributed by atoms with Crippen molar-refractivity contribution in [1.29, 1.82) is 0 Å². The number of halogens is 3. The van der Waals surface area contributed by atoms with Gasteiger partial charge < -0.3 is 11.2 Å². The van der Waals surface area contributed by atoms with E-state index in [0.717, 1.165) is 17.3 Å². The quantitative estimate of drug-likeness (QED) is 0.349. The largest absolute Gasteiger partial charge is 0.335 e. The van der Waals surface area contributed by atoms with E-state index in [1.807, 2.05) is 6.07 Å². The number of nitrogens with zero attached hydrogens (tertiary/aromatic N) is 4. The number of rotatable bonds is 5. The van der Waals surface area contributed by atoms with Gasteiger partial charge in [0.25, 0.3) is 0 Å². The van der Waals surface area contributed by atoms with E-state index in [9.17, 15) is 4.79 Å². The van der Waals surface area contributed by atoms with Crippen LogP contribution in [0.5, 0.6) is 0 Å². The minimum Gasteiger partial charge on any atom is -0.335 e. The second-order valence-corrected chi connectivity index (χ2v) is 7.94. The predicted octanol–water partition coefficient (Wildman–Crippen LogP) is 4.13. The number of benzene rings is 1. The van der Waals surface area contributed by atoms with Crippen LogP contribution in [0, 0.1) is 0 Å². The molecule has 0 radical (unpaired) electrons. The fourth-order valence-electron chi connectivity index (χ4n) is 2.11. The Kier molecular flexibility index (Phi) is 6.11. The molecule has 0 saturated carbocycles. The lowest BCUT2D eigenvalue weighted by Crippen LogP contribution is -2.23. The van der Waals surface area contributed by atoms with Gasteiger partial charge in [-0.15, -0.1) is 10.2 Å². The molecule has 0 aliphatic heterocycles. The van der Waals surface area contributed by atoms with Crippen LogP contribution in [0.15, 0.2) is 41.8 Å². The third-order valence-electron chi connectivity index (χ3n) is 3.50. The van der Waals surface area contributed by atoms with Crippen LogP contribution in [-0.2, 0) is 4.79 Å². The molecule has 3 aromatic rings. The number of anilines is 1. The summed E-state index contributed by atoms with van der Waals surface area (Å²) in [4.78, 5) is 16.5. The van der Waals surface area contributed by atoms with E-state index in [1.54, 1.807) is 25.4 Å². The van der Waals surface area contributed by atoms with Gasteiger partial charge >= 0.3 is 0 Å². The Morgan fingerprint density at radius 1 is 1.22 bits per heavy atom. The first-order chi connectivity index (χ1) is 12.9. The molecule has 11 heteroatoms. The molecule has 3 rings (SSSR count). The van der Waals surface area contributed by atoms with Gasteiger partial charge in [0.1, 0.15) is 0 Å². The Hall–Kier alpha value is -2.00. The summed E-state index contributed by atoms with van der Waals surface area (Å²) in [5.74, 6) is 6.21. The number of carbonyl (C=O) groups is 1. The highest BCUT2D eigenvalue weighted by Gasteiger charge is 2.21. The molecule has 1 amide bonds. The summed E-state index contributed by atoms with van der Waals surface area (Å²) >= 11 is 19.1. The number of hydrogen-bond donors (Lipinski definition) is 2. The van der Waals surface area contributed by atoms with Gasteiger partial charge in [-0.25, -0.2) is 4.68 Å². The molecule has 0 aliphatic rings. The van der Waals surface area contributed by atoms with E-state index >= 15 is 0 Å². The molecule has 1 atom stereocenters. The number of amides is 1. The van der Waals surface area contributed by atoms with Gasteiger partial charge in [0.2, 0.25) is 11.1 Å². The average Bonchev–Trinajstić information content (AvgIpc) is 3.00. The van der Waals surface area contributed by atoms with Crippen LogP contribution in [0.2, 0.25) is 15.1 Å². The van der Waals surface area contributed by atoms with Crippen LogP contribution in [0.4, 0.5) is 5.69 Å². The molecule has 27 heavy (non-hydrogen) atoms. The van der Waals surface area contributed by atoms with E-state index in [2.05, 4.69) is 20.5 Å². The van der Waals surface area contributed by atoms with Crippen LogP contribution in [-0.4, -0.2) is 31.0 Å². The molecule has 140 valence electrons. The SMILES string of the molecule is CC(Sc1nnc(-c2cccnc2)n1N)C(=O)Nc1cc(Cl)c(Cl)cc1Cl. The van der Waals surface area contributed by atoms with Gasteiger partial charge in [0, 0.05) is 18.0 Å². The average molecular weight is 444 g/mol. The summed E-state index contributed by atoms with van der Waals surface area (Å²) in [6.07, 6.45) is 3.28. The summed E-state index contributed by atoms with van der Waals surface area (Å²) in [6.45, 7) is 1.71. The van der Waals surface area contributed by atoms with Crippen molar-refractivity contribution < 1.29 is 4.79 Å². The Morgan fingerprint density at radius 3 is 2.67 bits per heavy atom. The second kappa shape index (κ2) is 8.35.